The molecule has 2 amide bonds. The summed E-state index contributed by atoms with van der Waals surface area (Å²) in [5.74, 6) is 0.565. The number of halogens is 1. The molecule has 0 saturated carbocycles. The first-order valence-corrected chi connectivity index (χ1v) is 9.62. The fourth-order valence-corrected chi connectivity index (χ4v) is 3.34. The van der Waals surface area contributed by atoms with Gasteiger partial charge < -0.3 is 19.7 Å². The number of carbonyl (C=O) groups excluding carboxylic acids is 2. The van der Waals surface area contributed by atoms with E-state index in [9.17, 15) is 9.59 Å². The van der Waals surface area contributed by atoms with Gasteiger partial charge in [-0.1, -0.05) is 11.6 Å². The van der Waals surface area contributed by atoms with E-state index in [1.165, 1.54) is 7.11 Å². The Labute approximate surface area is 169 Å². The van der Waals surface area contributed by atoms with E-state index in [1.807, 2.05) is 6.92 Å². The standard InChI is InChI=1S/C21H23ClN2O4/c1-3-28-18-9-6-14(12-19(18)27-2)20(25)23-17-8-7-15(22)13-16(17)21(26)24-10-4-5-11-24/h6-9,12-13H,3-5,10-11H2,1-2H3,(H,23,25). The van der Waals surface area contributed by atoms with Crippen LogP contribution < -0.4 is 14.8 Å². The van der Waals surface area contributed by atoms with Crippen LogP contribution in [0, 0.1) is 0 Å². The number of ether oxygens (including phenoxy) is 2. The normalized spacial score (nSPS) is 13.3. The van der Waals surface area contributed by atoms with Crippen LogP contribution in [0.25, 0.3) is 0 Å². The summed E-state index contributed by atoms with van der Waals surface area (Å²) in [5.41, 5.74) is 1.22. The summed E-state index contributed by atoms with van der Waals surface area (Å²) in [6.45, 7) is 3.80. The summed E-state index contributed by atoms with van der Waals surface area (Å²) < 4.78 is 10.8. The number of methoxy groups -OCH3 is 1. The molecule has 148 valence electrons. The molecular weight excluding hydrogens is 380 g/mol. The van der Waals surface area contributed by atoms with Crippen LogP contribution >= 0.6 is 11.6 Å². The van der Waals surface area contributed by atoms with Crippen molar-refractivity contribution in [3.63, 3.8) is 0 Å². The van der Waals surface area contributed by atoms with Crippen molar-refractivity contribution in [2.75, 3.05) is 32.1 Å². The Hall–Kier alpha value is -2.73. The fraction of sp³-hybridized carbons (Fsp3) is 0.333. The van der Waals surface area contributed by atoms with Crippen molar-refractivity contribution >= 4 is 29.1 Å². The maximum Gasteiger partial charge on any atom is 0.256 e. The second-order valence-electron chi connectivity index (χ2n) is 6.44. The number of nitrogens with one attached hydrogen (secondary N) is 1. The van der Waals surface area contributed by atoms with Gasteiger partial charge in [-0.2, -0.15) is 0 Å². The molecule has 6 nitrogen and oxygen atoms in total. The molecule has 3 rings (SSSR count). The van der Waals surface area contributed by atoms with Gasteiger partial charge in [-0.15, -0.1) is 0 Å². The van der Waals surface area contributed by atoms with E-state index in [1.54, 1.807) is 41.3 Å². The highest BCUT2D eigenvalue weighted by atomic mass is 35.5. The number of rotatable bonds is 6. The van der Waals surface area contributed by atoms with Crippen molar-refractivity contribution in [1.29, 1.82) is 0 Å². The predicted octanol–water partition coefficient (Wildman–Crippen LogP) is 4.24. The van der Waals surface area contributed by atoms with Gasteiger partial charge in [0.2, 0.25) is 0 Å². The van der Waals surface area contributed by atoms with Gasteiger partial charge in [-0.25, -0.2) is 0 Å². The number of amides is 2. The molecule has 0 unspecified atom stereocenters. The van der Waals surface area contributed by atoms with Crippen LogP contribution in [0.1, 0.15) is 40.5 Å². The SMILES string of the molecule is CCOc1ccc(C(=O)Nc2ccc(Cl)cc2C(=O)N2CCCC2)cc1OC. The zero-order chi connectivity index (χ0) is 20.1. The first-order valence-electron chi connectivity index (χ1n) is 9.24. The molecular formula is C21H23ClN2O4. The number of carbonyl (C=O) groups is 2. The molecule has 0 bridgehead atoms. The minimum atomic E-state index is -0.348. The van der Waals surface area contributed by atoms with Crippen LogP contribution in [0.3, 0.4) is 0 Å². The topological polar surface area (TPSA) is 67.9 Å². The van der Waals surface area contributed by atoms with Crippen molar-refractivity contribution < 1.29 is 19.1 Å². The zero-order valence-electron chi connectivity index (χ0n) is 16.0. The quantitative estimate of drug-likeness (QED) is 0.784. The maximum absolute atomic E-state index is 12.8. The van der Waals surface area contributed by atoms with Crippen LogP contribution in [-0.2, 0) is 0 Å². The van der Waals surface area contributed by atoms with Crippen molar-refractivity contribution in [3.8, 4) is 11.5 Å². The minimum Gasteiger partial charge on any atom is -0.493 e. The minimum absolute atomic E-state index is 0.125. The third-order valence-electron chi connectivity index (χ3n) is 4.58. The van der Waals surface area contributed by atoms with E-state index < -0.39 is 0 Å². The van der Waals surface area contributed by atoms with Crippen LogP contribution in [0.5, 0.6) is 11.5 Å². The van der Waals surface area contributed by atoms with Crippen molar-refractivity contribution in [2.24, 2.45) is 0 Å². The van der Waals surface area contributed by atoms with Crippen LogP contribution in [0.2, 0.25) is 5.02 Å². The first kappa shape index (κ1) is 20.0. The molecule has 0 aromatic heterocycles. The molecule has 28 heavy (non-hydrogen) atoms. The van der Waals surface area contributed by atoms with Crippen molar-refractivity contribution in [1.82, 2.24) is 4.90 Å². The monoisotopic (exact) mass is 402 g/mol. The van der Waals surface area contributed by atoms with Crippen LogP contribution in [0.15, 0.2) is 36.4 Å². The lowest BCUT2D eigenvalue weighted by Crippen LogP contribution is -2.28. The van der Waals surface area contributed by atoms with Gasteiger partial charge in [0.05, 0.1) is 25.0 Å². The fourth-order valence-electron chi connectivity index (χ4n) is 3.17. The number of hydrogen-bond donors (Lipinski definition) is 1. The molecule has 0 aliphatic carbocycles. The van der Waals surface area contributed by atoms with E-state index in [4.69, 9.17) is 21.1 Å². The Morgan fingerprint density at radius 1 is 1.11 bits per heavy atom. The molecule has 2 aromatic carbocycles. The Morgan fingerprint density at radius 3 is 2.54 bits per heavy atom. The average Bonchev–Trinajstić information content (AvgIpc) is 3.24. The van der Waals surface area contributed by atoms with Gasteiger partial charge in [-0.3, -0.25) is 9.59 Å². The molecule has 1 aliphatic rings. The summed E-state index contributed by atoms with van der Waals surface area (Å²) in [7, 11) is 1.52. The molecule has 0 spiro atoms. The Balaban J connectivity index is 1.85. The van der Waals surface area contributed by atoms with Crippen LogP contribution in [-0.4, -0.2) is 43.5 Å². The third kappa shape index (κ3) is 4.39. The van der Waals surface area contributed by atoms with Gasteiger partial charge in [0.1, 0.15) is 0 Å². The summed E-state index contributed by atoms with van der Waals surface area (Å²) in [4.78, 5) is 27.4. The molecule has 0 atom stereocenters. The maximum atomic E-state index is 12.8. The van der Waals surface area contributed by atoms with Gasteiger partial charge >= 0.3 is 0 Å². The summed E-state index contributed by atoms with van der Waals surface area (Å²) in [5, 5.41) is 3.27. The molecule has 7 heteroatoms. The van der Waals surface area contributed by atoms with Gasteiger partial charge in [0.25, 0.3) is 11.8 Å². The third-order valence-corrected chi connectivity index (χ3v) is 4.81. The summed E-state index contributed by atoms with van der Waals surface area (Å²) in [6.07, 6.45) is 1.97. The van der Waals surface area contributed by atoms with Gasteiger partial charge in [0, 0.05) is 23.7 Å². The summed E-state index contributed by atoms with van der Waals surface area (Å²) >= 11 is 6.09. The van der Waals surface area contributed by atoms with Crippen molar-refractivity contribution in [3.05, 3.63) is 52.5 Å². The predicted molar refractivity (Wildman–Crippen MR) is 109 cm³/mol. The number of nitrogens with zero attached hydrogens (tertiary/aromatic N) is 1. The highest BCUT2D eigenvalue weighted by Gasteiger charge is 2.23. The zero-order valence-corrected chi connectivity index (χ0v) is 16.7. The lowest BCUT2D eigenvalue weighted by molar-refractivity contribution is 0.0794. The van der Waals surface area contributed by atoms with E-state index in [0.717, 1.165) is 25.9 Å². The smallest absolute Gasteiger partial charge is 0.256 e. The van der Waals surface area contributed by atoms with E-state index >= 15 is 0 Å². The number of likely N-dealkylation sites (tertiary alicyclic amines) is 1. The van der Waals surface area contributed by atoms with Crippen molar-refractivity contribution in [2.45, 2.75) is 19.8 Å². The molecule has 1 heterocycles. The number of benzene rings is 2. The van der Waals surface area contributed by atoms with E-state index in [2.05, 4.69) is 5.32 Å². The second-order valence-corrected chi connectivity index (χ2v) is 6.88. The average molecular weight is 403 g/mol. The highest BCUT2D eigenvalue weighted by molar-refractivity contribution is 6.31. The first-order chi connectivity index (χ1) is 13.5. The number of hydrogen-bond acceptors (Lipinski definition) is 4. The number of anilines is 1. The lowest BCUT2D eigenvalue weighted by atomic mass is 10.1. The highest BCUT2D eigenvalue weighted by Crippen LogP contribution is 2.29. The second kappa shape index (κ2) is 8.97. The van der Waals surface area contributed by atoms with Gasteiger partial charge in [0.15, 0.2) is 11.5 Å². The Bertz CT molecular complexity index is 879. The van der Waals surface area contributed by atoms with Crippen LogP contribution in [0.4, 0.5) is 5.69 Å². The van der Waals surface area contributed by atoms with Gasteiger partial charge in [-0.05, 0) is 56.2 Å². The molecule has 0 radical (unpaired) electrons. The molecule has 1 fully saturated rings. The molecule has 2 aromatic rings. The molecule has 1 N–H and O–H groups in total. The Morgan fingerprint density at radius 2 is 1.86 bits per heavy atom. The largest absolute Gasteiger partial charge is 0.493 e. The van der Waals surface area contributed by atoms with E-state index in [-0.39, 0.29) is 11.8 Å². The molecule has 1 aliphatic heterocycles. The van der Waals surface area contributed by atoms with E-state index in [0.29, 0.717) is 39.9 Å². The summed E-state index contributed by atoms with van der Waals surface area (Å²) in [6, 6.07) is 9.84. The lowest BCUT2D eigenvalue weighted by Gasteiger charge is -2.18. The Kier molecular flexibility index (Phi) is 6.41. The molecule has 1 saturated heterocycles.